The van der Waals surface area contributed by atoms with Crippen LogP contribution >= 0.6 is 11.8 Å². The number of urea groups is 1. The van der Waals surface area contributed by atoms with E-state index in [2.05, 4.69) is 5.32 Å². The van der Waals surface area contributed by atoms with Crippen LogP contribution < -0.4 is 5.32 Å². The summed E-state index contributed by atoms with van der Waals surface area (Å²) in [6, 6.07) is 6.02. The number of morpholine rings is 1. The first-order chi connectivity index (χ1) is 9.61. The first-order valence-corrected chi connectivity index (χ1v) is 7.36. The molecule has 20 heavy (non-hydrogen) atoms. The minimum Gasteiger partial charge on any atom is -0.480 e. The van der Waals surface area contributed by atoms with Gasteiger partial charge in [0.25, 0.3) is 0 Å². The summed E-state index contributed by atoms with van der Waals surface area (Å²) in [6.45, 7) is 0.641. The fourth-order valence-corrected chi connectivity index (χ4v) is 2.33. The number of carboxylic acid groups (broad SMARTS) is 1. The molecule has 0 aromatic heterocycles. The fourth-order valence-electron chi connectivity index (χ4n) is 1.92. The second kappa shape index (κ2) is 6.62. The molecular weight excluding hydrogens is 280 g/mol. The number of hydrogen-bond donors (Lipinski definition) is 2. The van der Waals surface area contributed by atoms with Crippen LogP contribution in [0.5, 0.6) is 0 Å². The highest BCUT2D eigenvalue weighted by atomic mass is 32.2. The van der Waals surface area contributed by atoms with Crippen molar-refractivity contribution < 1.29 is 19.4 Å². The van der Waals surface area contributed by atoms with Crippen molar-refractivity contribution in [2.75, 3.05) is 31.3 Å². The maximum atomic E-state index is 12.1. The molecule has 7 heteroatoms. The molecule has 0 saturated carbocycles. The number of aliphatic carboxylic acids is 1. The number of rotatable bonds is 3. The van der Waals surface area contributed by atoms with Crippen molar-refractivity contribution in [3.63, 3.8) is 0 Å². The minimum atomic E-state index is -1.06. The number of ether oxygens (including phenoxy) is 1. The van der Waals surface area contributed by atoms with Crippen LogP contribution in [0.3, 0.4) is 0 Å². The van der Waals surface area contributed by atoms with Crippen LogP contribution in [0.15, 0.2) is 29.2 Å². The third-order valence-corrected chi connectivity index (χ3v) is 3.76. The molecule has 1 saturated heterocycles. The average Bonchev–Trinajstić information content (AvgIpc) is 2.48. The maximum Gasteiger partial charge on any atom is 0.328 e. The number of anilines is 1. The Morgan fingerprint density at radius 1 is 1.40 bits per heavy atom. The molecule has 1 atom stereocenters. The monoisotopic (exact) mass is 296 g/mol. The van der Waals surface area contributed by atoms with Gasteiger partial charge in [-0.05, 0) is 30.5 Å². The molecule has 1 aromatic rings. The smallest absolute Gasteiger partial charge is 0.328 e. The van der Waals surface area contributed by atoms with E-state index in [-0.39, 0.29) is 13.2 Å². The molecule has 1 fully saturated rings. The fraction of sp³-hybridized carbons (Fsp3) is 0.385. The number of carboxylic acids is 1. The van der Waals surface area contributed by atoms with E-state index in [1.165, 1.54) is 4.90 Å². The number of amides is 2. The van der Waals surface area contributed by atoms with Crippen molar-refractivity contribution in [2.24, 2.45) is 0 Å². The Kier molecular flexibility index (Phi) is 4.86. The van der Waals surface area contributed by atoms with Gasteiger partial charge >= 0.3 is 12.0 Å². The molecule has 1 heterocycles. The molecule has 1 aromatic carbocycles. The van der Waals surface area contributed by atoms with Gasteiger partial charge in [-0.1, -0.05) is 0 Å². The standard InChI is InChI=1S/C13H16N2O4S/c1-20-10-4-2-9(3-5-10)14-13(18)15-6-7-19-8-11(15)12(16)17/h2-5,11H,6-8H2,1H3,(H,14,18)(H,16,17). The lowest BCUT2D eigenvalue weighted by molar-refractivity contribution is -0.147. The molecule has 0 spiro atoms. The van der Waals surface area contributed by atoms with Crippen LogP contribution in [0, 0.1) is 0 Å². The molecule has 1 aliphatic rings. The molecule has 1 aliphatic heterocycles. The summed E-state index contributed by atoms with van der Waals surface area (Å²) < 4.78 is 5.10. The molecule has 1 unspecified atom stereocenters. The van der Waals surface area contributed by atoms with Crippen LogP contribution in [0.4, 0.5) is 10.5 Å². The number of carbonyl (C=O) groups excluding carboxylic acids is 1. The van der Waals surface area contributed by atoms with Gasteiger partial charge in [-0.25, -0.2) is 9.59 Å². The van der Waals surface area contributed by atoms with E-state index in [1.54, 1.807) is 23.9 Å². The molecule has 2 rings (SSSR count). The SMILES string of the molecule is CSc1ccc(NC(=O)N2CCOCC2C(=O)O)cc1. The van der Waals surface area contributed by atoms with Crippen molar-refractivity contribution in [3.8, 4) is 0 Å². The zero-order chi connectivity index (χ0) is 14.5. The maximum absolute atomic E-state index is 12.1. The quantitative estimate of drug-likeness (QED) is 0.830. The van der Waals surface area contributed by atoms with E-state index in [0.29, 0.717) is 12.3 Å². The highest BCUT2D eigenvalue weighted by Gasteiger charge is 2.32. The summed E-state index contributed by atoms with van der Waals surface area (Å²) in [5.41, 5.74) is 0.642. The van der Waals surface area contributed by atoms with Gasteiger partial charge in [0.15, 0.2) is 6.04 Å². The zero-order valence-corrected chi connectivity index (χ0v) is 11.9. The Hall–Kier alpha value is -1.73. The van der Waals surface area contributed by atoms with Crippen LogP contribution in [-0.4, -0.2) is 54.1 Å². The molecule has 2 amide bonds. The predicted molar refractivity (Wildman–Crippen MR) is 76.2 cm³/mol. The van der Waals surface area contributed by atoms with Gasteiger partial charge in [0, 0.05) is 17.1 Å². The van der Waals surface area contributed by atoms with E-state index in [1.807, 2.05) is 18.4 Å². The average molecular weight is 296 g/mol. The number of nitrogens with zero attached hydrogens (tertiary/aromatic N) is 1. The Morgan fingerprint density at radius 2 is 2.10 bits per heavy atom. The third kappa shape index (κ3) is 3.43. The highest BCUT2D eigenvalue weighted by Crippen LogP contribution is 2.18. The first kappa shape index (κ1) is 14.7. The third-order valence-electron chi connectivity index (χ3n) is 3.02. The van der Waals surface area contributed by atoms with Crippen molar-refractivity contribution in [1.29, 1.82) is 0 Å². The minimum absolute atomic E-state index is 0.0220. The lowest BCUT2D eigenvalue weighted by Gasteiger charge is -2.32. The second-order valence-electron chi connectivity index (χ2n) is 4.28. The van der Waals surface area contributed by atoms with Crippen molar-refractivity contribution in [2.45, 2.75) is 10.9 Å². The molecule has 2 N–H and O–H groups in total. The molecule has 0 radical (unpaired) electrons. The Balaban J connectivity index is 2.03. The number of nitrogens with one attached hydrogen (secondary N) is 1. The summed E-state index contributed by atoms with van der Waals surface area (Å²) in [7, 11) is 0. The lowest BCUT2D eigenvalue weighted by atomic mass is 10.2. The Morgan fingerprint density at radius 3 is 2.70 bits per heavy atom. The van der Waals surface area contributed by atoms with Gasteiger partial charge in [0.05, 0.1) is 13.2 Å². The number of thioether (sulfide) groups is 1. The summed E-state index contributed by atoms with van der Waals surface area (Å²) in [5, 5.41) is 11.8. The predicted octanol–water partition coefficient (Wildman–Crippen LogP) is 1.73. The van der Waals surface area contributed by atoms with Crippen molar-refractivity contribution in [3.05, 3.63) is 24.3 Å². The topological polar surface area (TPSA) is 78.9 Å². The van der Waals surface area contributed by atoms with Gasteiger partial charge < -0.3 is 20.1 Å². The van der Waals surface area contributed by atoms with Crippen molar-refractivity contribution in [1.82, 2.24) is 4.90 Å². The van der Waals surface area contributed by atoms with Gasteiger partial charge in [-0.3, -0.25) is 0 Å². The summed E-state index contributed by atoms with van der Waals surface area (Å²) >= 11 is 1.61. The van der Waals surface area contributed by atoms with E-state index in [0.717, 1.165) is 4.90 Å². The number of hydrogen-bond acceptors (Lipinski definition) is 4. The summed E-state index contributed by atoms with van der Waals surface area (Å²) in [5.74, 6) is -1.06. The molecule has 0 bridgehead atoms. The van der Waals surface area contributed by atoms with Crippen LogP contribution in [0.1, 0.15) is 0 Å². The number of benzene rings is 1. The lowest BCUT2D eigenvalue weighted by Crippen LogP contribution is -2.53. The molecular formula is C13H16N2O4S. The largest absolute Gasteiger partial charge is 0.480 e. The van der Waals surface area contributed by atoms with E-state index in [4.69, 9.17) is 9.84 Å². The van der Waals surface area contributed by atoms with Gasteiger partial charge in [-0.2, -0.15) is 0 Å². The Labute approximate surface area is 121 Å². The first-order valence-electron chi connectivity index (χ1n) is 6.14. The second-order valence-corrected chi connectivity index (χ2v) is 5.16. The summed E-state index contributed by atoms with van der Waals surface area (Å²) in [4.78, 5) is 25.6. The zero-order valence-electron chi connectivity index (χ0n) is 11.0. The van der Waals surface area contributed by atoms with Crippen molar-refractivity contribution >= 4 is 29.4 Å². The summed E-state index contributed by atoms with van der Waals surface area (Å²) in [6.07, 6.45) is 1.97. The normalized spacial score (nSPS) is 18.6. The molecule has 108 valence electrons. The Bertz CT molecular complexity index is 492. The van der Waals surface area contributed by atoms with Crippen LogP contribution in [0.2, 0.25) is 0 Å². The van der Waals surface area contributed by atoms with E-state index < -0.39 is 18.0 Å². The van der Waals surface area contributed by atoms with Gasteiger partial charge in [0.2, 0.25) is 0 Å². The van der Waals surface area contributed by atoms with E-state index >= 15 is 0 Å². The highest BCUT2D eigenvalue weighted by molar-refractivity contribution is 7.98. The van der Waals surface area contributed by atoms with Crippen LogP contribution in [0.25, 0.3) is 0 Å². The van der Waals surface area contributed by atoms with Gasteiger partial charge in [-0.15, -0.1) is 11.8 Å². The van der Waals surface area contributed by atoms with E-state index in [9.17, 15) is 9.59 Å². The molecule has 6 nitrogen and oxygen atoms in total. The number of carbonyl (C=O) groups is 2. The van der Waals surface area contributed by atoms with Gasteiger partial charge in [0.1, 0.15) is 0 Å². The van der Waals surface area contributed by atoms with Crippen LogP contribution in [-0.2, 0) is 9.53 Å². The molecule has 0 aliphatic carbocycles.